The zero-order chi connectivity index (χ0) is 18.0. The second kappa shape index (κ2) is 6.94. The van der Waals surface area contributed by atoms with E-state index in [1.165, 1.54) is 9.13 Å². The normalized spacial score (nSPS) is 11.2. The smallest absolute Gasteiger partial charge is 0.332 e. The Morgan fingerprint density at radius 2 is 1.84 bits per heavy atom. The van der Waals surface area contributed by atoms with Gasteiger partial charge in [-0.1, -0.05) is 30.3 Å². The van der Waals surface area contributed by atoms with Gasteiger partial charge < -0.3 is 14.6 Å². The summed E-state index contributed by atoms with van der Waals surface area (Å²) in [6, 6.07) is 9.43. The Labute approximate surface area is 144 Å². The Bertz CT molecular complexity index is 1000. The van der Waals surface area contributed by atoms with Crippen LogP contribution < -0.4 is 16.6 Å². The van der Waals surface area contributed by atoms with Crippen LogP contribution in [0.15, 0.2) is 39.9 Å². The fourth-order valence-electron chi connectivity index (χ4n) is 2.77. The van der Waals surface area contributed by atoms with E-state index in [-0.39, 0.29) is 17.8 Å². The van der Waals surface area contributed by atoms with Crippen molar-refractivity contribution < 1.29 is 4.74 Å². The van der Waals surface area contributed by atoms with Crippen molar-refractivity contribution >= 4 is 17.1 Å². The van der Waals surface area contributed by atoms with Gasteiger partial charge in [0, 0.05) is 27.7 Å². The van der Waals surface area contributed by atoms with Crippen molar-refractivity contribution in [2.75, 3.05) is 25.6 Å². The van der Waals surface area contributed by atoms with Gasteiger partial charge in [0.2, 0.25) is 5.95 Å². The maximum atomic E-state index is 12.9. The molecule has 0 radical (unpaired) electrons. The van der Waals surface area contributed by atoms with Crippen molar-refractivity contribution in [3.05, 3.63) is 56.7 Å². The first-order valence-corrected chi connectivity index (χ1v) is 7.97. The van der Waals surface area contributed by atoms with E-state index in [4.69, 9.17) is 4.74 Å². The average molecular weight is 343 g/mol. The van der Waals surface area contributed by atoms with E-state index in [9.17, 15) is 9.59 Å². The molecule has 0 aliphatic carbocycles. The molecular formula is C17H21N5O3. The predicted octanol–water partition coefficient (Wildman–Crippen LogP) is 0.540. The first kappa shape index (κ1) is 17.0. The number of nitrogens with one attached hydrogen (secondary N) is 1. The fourth-order valence-corrected chi connectivity index (χ4v) is 2.77. The van der Waals surface area contributed by atoms with Gasteiger partial charge in [-0.2, -0.15) is 4.98 Å². The number of methoxy groups -OCH3 is 1. The molecule has 3 aromatic rings. The molecule has 0 fully saturated rings. The van der Waals surface area contributed by atoms with E-state index < -0.39 is 0 Å². The molecule has 8 nitrogen and oxygen atoms in total. The molecule has 0 saturated carbocycles. The molecule has 0 aliphatic heterocycles. The van der Waals surface area contributed by atoms with Crippen LogP contribution in [0.5, 0.6) is 0 Å². The lowest BCUT2D eigenvalue weighted by atomic mass is 10.2. The molecule has 0 unspecified atom stereocenters. The van der Waals surface area contributed by atoms with Crippen LogP contribution in [0, 0.1) is 0 Å². The van der Waals surface area contributed by atoms with Crippen LogP contribution in [0.2, 0.25) is 0 Å². The van der Waals surface area contributed by atoms with Gasteiger partial charge in [-0.05, 0) is 5.56 Å². The minimum absolute atomic E-state index is 0.222. The van der Waals surface area contributed by atoms with Crippen molar-refractivity contribution in [3.8, 4) is 0 Å². The highest BCUT2D eigenvalue weighted by atomic mass is 16.5. The van der Waals surface area contributed by atoms with Crippen molar-refractivity contribution in [1.82, 2.24) is 18.7 Å². The zero-order valence-corrected chi connectivity index (χ0v) is 14.5. The Morgan fingerprint density at radius 3 is 2.52 bits per heavy atom. The second-order valence-electron chi connectivity index (χ2n) is 5.80. The summed E-state index contributed by atoms with van der Waals surface area (Å²) in [5.41, 5.74) is 0.904. The number of anilines is 1. The van der Waals surface area contributed by atoms with Crippen LogP contribution in [0.4, 0.5) is 5.95 Å². The van der Waals surface area contributed by atoms with Crippen molar-refractivity contribution in [3.63, 3.8) is 0 Å². The highest BCUT2D eigenvalue weighted by Crippen LogP contribution is 2.13. The lowest BCUT2D eigenvalue weighted by Gasteiger charge is -2.08. The van der Waals surface area contributed by atoms with Gasteiger partial charge in [-0.25, -0.2) is 4.79 Å². The minimum atomic E-state index is -0.386. The minimum Gasteiger partial charge on any atom is -0.383 e. The highest BCUT2D eigenvalue weighted by Gasteiger charge is 2.18. The maximum Gasteiger partial charge on any atom is 0.332 e. The SMILES string of the molecule is COCCNc1nc2c(c(=O)n(Cc3ccccc3)c(=O)n2C)n1C. The topological polar surface area (TPSA) is 83.1 Å². The monoisotopic (exact) mass is 343 g/mol. The molecule has 1 N–H and O–H groups in total. The Balaban J connectivity index is 2.12. The van der Waals surface area contributed by atoms with Crippen molar-refractivity contribution in [2.45, 2.75) is 6.54 Å². The second-order valence-corrected chi connectivity index (χ2v) is 5.80. The molecule has 0 amide bonds. The summed E-state index contributed by atoms with van der Waals surface area (Å²) in [7, 11) is 4.99. The summed E-state index contributed by atoms with van der Waals surface area (Å²) in [6.07, 6.45) is 0. The summed E-state index contributed by atoms with van der Waals surface area (Å²) in [5.74, 6) is 0.525. The molecule has 1 aromatic carbocycles. The number of imidazole rings is 1. The number of aryl methyl sites for hydroxylation is 2. The Morgan fingerprint density at radius 1 is 1.12 bits per heavy atom. The molecule has 0 atom stereocenters. The molecule has 0 bridgehead atoms. The van der Waals surface area contributed by atoms with Gasteiger partial charge in [0.1, 0.15) is 0 Å². The molecule has 2 aromatic heterocycles. The van der Waals surface area contributed by atoms with Gasteiger partial charge in [0.25, 0.3) is 5.56 Å². The number of hydrogen-bond donors (Lipinski definition) is 1. The number of benzene rings is 1. The molecule has 25 heavy (non-hydrogen) atoms. The average Bonchev–Trinajstić information content (AvgIpc) is 2.95. The van der Waals surface area contributed by atoms with Crippen LogP contribution in [0.1, 0.15) is 5.56 Å². The third-order valence-corrected chi connectivity index (χ3v) is 4.13. The molecule has 0 saturated heterocycles. The van der Waals surface area contributed by atoms with Crippen LogP contribution in [-0.2, 0) is 25.4 Å². The van der Waals surface area contributed by atoms with Gasteiger partial charge in [0.05, 0.1) is 13.2 Å². The molecule has 3 rings (SSSR count). The first-order chi connectivity index (χ1) is 12.0. The maximum absolute atomic E-state index is 12.9. The standard InChI is InChI=1S/C17H21N5O3/c1-20-13-14(19-16(20)18-9-10-25-3)21(2)17(24)22(15(13)23)11-12-7-5-4-6-8-12/h4-8H,9-11H2,1-3H3,(H,18,19). The zero-order valence-electron chi connectivity index (χ0n) is 14.5. The summed E-state index contributed by atoms with van der Waals surface area (Å²) in [4.78, 5) is 29.9. The van der Waals surface area contributed by atoms with Gasteiger partial charge in [-0.3, -0.25) is 13.9 Å². The largest absolute Gasteiger partial charge is 0.383 e. The number of nitrogens with zero attached hydrogens (tertiary/aromatic N) is 4. The Kier molecular flexibility index (Phi) is 4.71. The molecule has 0 spiro atoms. The van der Waals surface area contributed by atoms with E-state index >= 15 is 0 Å². The highest BCUT2D eigenvalue weighted by molar-refractivity contribution is 5.74. The summed E-state index contributed by atoms with van der Waals surface area (Å²) in [6.45, 7) is 1.29. The van der Waals surface area contributed by atoms with E-state index in [0.717, 1.165) is 5.56 Å². The summed E-state index contributed by atoms with van der Waals surface area (Å²) >= 11 is 0. The van der Waals surface area contributed by atoms with Gasteiger partial charge in [0.15, 0.2) is 11.2 Å². The Hall–Kier alpha value is -2.87. The van der Waals surface area contributed by atoms with Crippen LogP contribution in [0.3, 0.4) is 0 Å². The number of rotatable bonds is 6. The quantitative estimate of drug-likeness (QED) is 0.661. The summed E-state index contributed by atoms with van der Waals surface area (Å²) in [5, 5.41) is 3.11. The first-order valence-electron chi connectivity index (χ1n) is 7.97. The van der Waals surface area contributed by atoms with Crippen molar-refractivity contribution in [2.24, 2.45) is 14.1 Å². The van der Waals surface area contributed by atoms with Crippen LogP contribution in [-0.4, -0.2) is 38.9 Å². The van der Waals surface area contributed by atoms with E-state index in [0.29, 0.717) is 30.3 Å². The fraction of sp³-hybridized carbons (Fsp3) is 0.353. The number of hydrogen-bond acceptors (Lipinski definition) is 5. The molecule has 0 aliphatic rings. The third kappa shape index (κ3) is 3.08. The predicted molar refractivity (Wildman–Crippen MR) is 96.1 cm³/mol. The molecule has 2 heterocycles. The van der Waals surface area contributed by atoms with E-state index in [1.807, 2.05) is 30.3 Å². The van der Waals surface area contributed by atoms with Crippen LogP contribution in [0.25, 0.3) is 11.2 Å². The summed E-state index contributed by atoms with van der Waals surface area (Å²) < 4.78 is 9.32. The lowest BCUT2D eigenvalue weighted by molar-refractivity contribution is 0.210. The number of fused-ring (bicyclic) bond motifs is 1. The molecular weight excluding hydrogens is 322 g/mol. The molecule has 8 heteroatoms. The van der Waals surface area contributed by atoms with Gasteiger partial charge in [-0.15, -0.1) is 0 Å². The lowest BCUT2D eigenvalue weighted by Crippen LogP contribution is -2.39. The number of ether oxygens (including phenoxy) is 1. The van der Waals surface area contributed by atoms with E-state index in [1.54, 1.807) is 25.8 Å². The molecule has 132 valence electrons. The van der Waals surface area contributed by atoms with Crippen LogP contribution >= 0.6 is 0 Å². The third-order valence-electron chi connectivity index (χ3n) is 4.13. The number of aromatic nitrogens is 4. The van der Waals surface area contributed by atoms with Gasteiger partial charge >= 0.3 is 5.69 Å². The van der Waals surface area contributed by atoms with E-state index in [2.05, 4.69) is 10.3 Å². The van der Waals surface area contributed by atoms with Crippen molar-refractivity contribution in [1.29, 1.82) is 0 Å².